The molecule has 0 bridgehead atoms. The summed E-state index contributed by atoms with van der Waals surface area (Å²) in [7, 11) is -4.97. The van der Waals surface area contributed by atoms with Crippen LogP contribution < -0.4 is 46.3 Å². The van der Waals surface area contributed by atoms with Crippen molar-refractivity contribution in [1.29, 1.82) is 0 Å². The number of carbonyl (C=O) groups is 2. The minimum Gasteiger partial charge on any atom is -1.00 e. The number of nitrogen functional groups attached to an aromatic ring is 2. The van der Waals surface area contributed by atoms with Gasteiger partial charge in [0.1, 0.15) is 4.90 Å². The second-order valence-corrected chi connectivity index (χ2v) is 8.58. The Bertz CT molecular complexity index is 1480. The molecular weight excluding hydrogens is 486 g/mol. The van der Waals surface area contributed by atoms with Crippen LogP contribution in [0.1, 0.15) is 38.8 Å². The number of benzene rings is 3. The molecule has 13 heteroatoms. The van der Waals surface area contributed by atoms with Gasteiger partial charge in [0.15, 0.2) is 11.6 Å². The van der Waals surface area contributed by atoms with Gasteiger partial charge in [0, 0.05) is 22.5 Å². The molecule has 1 aliphatic carbocycles. The standard InChI is InChI=1S/C21H14F3N3O5S.Na.H/c22-21(23,24)12-7-9(5-6-13(12)25)27-14-8-15(33(30,31)32)18(26)17-16(14)19(28)10-3-1-2-4-11(10)20(17)29;;/h1-8,27H,25-26H2,(H,30,31,32);;/q;+1;-1. The monoisotopic (exact) mass is 501 g/mol. The van der Waals surface area contributed by atoms with Gasteiger partial charge in [-0.25, -0.2) is 0 Å². The zero-order chi connectivity index (χ0) is 24.3. The van der Waals surface area contributed by atoms with E-state index in [9.17, 15) is 35.7 Å². The van der Waals surface area contributed by atoms with Crippen LogP contribution in [0.25, 0.3) is 0 Å². The molecule has 0 amide bonds. The van der Waals surface area contributed by atoms with Gasteiger partial charge in [0.25, 0.3) is 10.1 Å². The average molecular weight is 501 g/mol. The average Bonchev–Trinajstić information content (AvgIpc) is 2.72. The zero-order valence-electron chi connectivity index (χ0n) is 18.4. The summed E-state index contributed by atoms with van der Waals surface area (Å²) in [4.78, 5) is 25.4. The van der Waals surface area contributed by atoms with Crippen molar-refractivity contribution in [3.8, 4) is 0 Å². The van der Waals surface area contributed by atoms with Crippen molar-refractivity contribution in [2.45, 2.75) is 11.1 Å². The van der Waals surface area contributed by atoms with E-state index in [1.165, 1.54) is 30.3 Å². The van der Waals surface area contributed by atoms with Crippen LogP contribution in [0, 0.1) is 0 Å². The van der Waals surface area contributed by atoms with E-state index < -0.39 is 55.3 Å². The molecule has 0 aromatic heterocycles. The van der Waals surface area contributed by atoms with Crippen molar-refractivity contribution in [2.75, 3.05) is 16.8 Å². The summed E-state index contributed by atoms with van der Waals surface area (Å²) in [6, 6.07) is 9.31. The van der Waals surface area contributed by atoms with Crippen LogP contribution in [-0.4, -0.2) is 24.5 Å². The fourth-order valence-corrected chi connectivity index (χ4v) is 4.29. The molecule has 172 valence electrons. The van der Waals surface area contributed by atoms with Gasteiger partial charge in [-0.15, -0.1) is 0 Å². The van der Waals surface area contributed by atoms with E-state index in [4.69, 9.17) is 11.5 Å². The number of nitrogens with one attached hydrogen (secondary N) is 1. The minimum atomic E-state index is -4.97. The molecule has 0 radical (unpaired) electrons. The van der Waals surface area contributed by atoms with E-state index >= 15 is 0 Å². The molecular formula is C21H15F3N3NaO5S. The van der Waals surface area contributed by atoms with E-state index in [2.05, 4.69) is 5.32 Å². The van der Waals surface area contributed by atoms with Crippen LogP contribution in [0.15, 0.2) is 53.4 Å². The molecule has 0 unspecified atom stereocenters. The number of anilines is 4. The summed E-state index contributed by atoms with van der Waals surface area (Å²) in [5.74, 6) is -1.48. The van der Waals surface area contributed by atoms with Crippen molar-refractivity contribution in [3.63, 3.8) is 0 Å². The van der Waals surface area contributed by atoms with Gasteiger partial charge in [-0.05, 0) is 24.3 Å². The third kappa shape index (κ3) is 4.30. The molecule has 0 saturated carbocycles. The molecule has 0 saturated heterocycles. The first-order chi connectivity index (χ1) is 15.3. The van der Waals surface area contributed by atoms with E-state index in [1.807, 2.05) is 0 Å². The number of rotatable bonds is 3. The first kappa shape index (κ1) is 25.7. The van der Waals surface area contributed by atoms with E-state index in [-0.39, 0.29) is 59.0 Å². The van der Waals surface area contributed by atoms with E-state index in [0.717, 1.165) is 12.1 Å². The Labute approximate surface area is 214 Å². The van der Waals surface area contributed by atoms with Gasteiger partial charge < -0.3 is 18.2 Å². The molecule has 0 spiro atoms. The quantitative estimate of drug-likeness (QED) is 0.182. The van der Waals surface area contributed by atoms with Crippen LogP contribution in [0.4, 0.5) is 35.9 Å². The number of halogens is 3. The predicted octanol–water partition coefficient (Wildman–Crippen LogP) is 0.752. The van der Waals surface area contributed by atoms with Gasteiger partial charge in [0.05, 0.1) is 28.1 Å². The maximum atomic E-state index is 13.3. The number of hydrogen-bond acceptors (Lipinski definition) is 7. The number of fused-ring (bicyclic) bond motifs is 2. The Morgan fingerprint density at radius 2 is 1.47 bits per heavy atom. The maximum absolute atomic E-state index is 13.3. The molecule has 1 aliphatic rings. The van der Waals surface area contributed by atoms with Crippen LogP contribution >= 0.6 is 0 Å². The molecule has 0 heterocycles. The normalized spacial score (nSPS) is 13.1. The maximum Gasteiger partial charge on any atom is 1.00 e. The third-order valence-electron chi connectivity index (χ3n) is 5.12. The summed E-state index contributed by atoms with van der Waals surface area (Å²) in [6.07, 6.45) is -4.79. The second-order valence-electron chi connectivity index (χ2n) is 7.19. The molecule has 4 rings (SSSR count). The van der Waals surface area contributed by atoms with Crippen molar-refractivity contribution in [3.05, 3.63) is 76.3 Å². The minimum absolute atomic E-state index is 0. The smallest absolute Gasteiger partial charge is 1.00 e. The van der Waals surface area contributed by atoms with Gasteiger partial charge in [-0.3, -0.25) is 14.1 Å². The van der Waals surface area contributed by atoms with Crippen LogP contribution in [0.2, 0.25) is 0 Å². The second kappa shape index (κ2) is 8.71. The summed E-state index contributed by atoms with van der Waals surface area (Å²) in [5, 5.41) is 2.53. The summed E-state index contributed by atoms with van der Waals surface area (Å²) < 4.78 is 73.2. The Balaban J connectivity index is 0.00000216. The fraction of sp³-hybridized carbons (Fsp3) is 0.0476. The predicted molar refractivity (Wildman–Crippen MR) is 114 cm³/mol. The molecule has 8 nitrogen and oxygen atoms in total. The number of hydrogen-bond donors (Lipinski definition) is 4. The van der Waals surface area contributed by atoms with Crippen LogP contribution in [0.3, 0.4) is 0 Å². The largest absolute Gasteiger partial charge is 1.00 e. The fourth-order valence-electron chi connectivity index (χ4n) is 3.64. The van der Waals surface area contributed by atoms with Crippen LogP contribution in [-0.2, 0) is 16.3 Å². The molecule has 3 aromatic carbocycles. The van der Waals surface area contributed by atoms with E-state index in [1.54, 1.807) is 0 Å². The first-order valence-corrected chi connectivity index (χ1v) is 10.6. The topological polar surface area (TPSA) is 153 Å². The van der Waals surface area contributed by atoms with Gasteiger partial charge in [0.2, 0.25) is 0 Å². The molecule has 6 N–H and O–H groups in total. The Hall–Kier alpha value is -2.90. The molecule has 0 aliphatic heterocycles. The van der Waals surface area contributed by atoms with Crippen molar-refractivity contribution < 1.29 is 66.7 Å². The molecule has 3 aromatic rings. The summed E-state index contributed by atoms with van der Waals surface area (Å²) in [6.45, 7) is 0. The van der Waals surface area contributed by atoms with Gasteiger partial charge in [-0.2, -0.15) is 21.6 Å². The third-order valence-corrected chi connectivity index (χ3v) is 6.01. The number of carbonyl (C=O) groups excluding carboxylic acids is 2. The number of alkyl halides is 3. The Morgan fingerprint density at radius 1 is 0.912 bits per heavy atom. The van der Waals surface area contributed by atoms with E-state index in [0.29, 0.717) is 6.07 Å². The molecule has 34 heavy (non-hydrogen) atoms. The summed E-state index contributed by atoms with van der Waals surface area (Å²) >= 11 is 0. The SMILES string of the molecule is Nc1ccc(Nc2cc(S(=O)(=O)O)c(N)c3c2C(=O)c2ccccc2C3=O)cc1C(F)(F)F.[H-].[Na+]. The van der Waals surface area contributed by atoms with Crippen LogP contribution in [0.5, 0.6) is 0 Å². The molecule has 0 fully saturated rings. The first-order valence-electron chi connectivity index (χ1n) is 9.17. The van der Waals surface area contributed by atoms with Gasteiger partial charge >= 0.3 is 35.7 Å². The molecule has 0 atom stereocenters. The van der Waals surface area contributed by atoms with Crippen molar-refractivity contribution in [1.82, 2.24) is 0 Å². The van der Waals surface area contributed by atoms with Crippen molar-refractivity contribution >= 4 is 44.4 Å². The summed E-state index contributed by atoms with van der Waals surface area (Å²) in [5.41, 5.74) is 7.49. The number of nitrogens with two attached hydrogens (primary N) is 2. The zero-order valence-corrected chi connectivity index (χ0v) is 20.2. The Kier molecular flexibility index (Phi) is 6.59. The Morgan fingerprint density at radius 3 is 2.00 bits per heavy atom. The van der Waals surface area contributed by atoms with Crippen molar-refractivity contribution in [2.24, 2.45) is 0 Å². The number of ketones is 2. The van der Waals surface area contributed by atoms with Gasteiger partial charge in [-0.1, -0.05) is 24.3 Å².